The first kappa shape index (κ1) is 11.0. The first-order valence-corrected chi connectivity index (χ1v) is 5.26. The molecule has 1 fully saturated rings. The highest BCUT2D eigenvalue weighted by molar-refractivity contribution is 4.89. The molecule has 3 atom stereocenters. The molecule has 2 nitrogen and oxygen atoms in total. The number of hydrogen-bond donors (Lipinski definition) is 1. The summed E-state index contributed by atoms with van der Waals surface area (Å²) in [7, 11) is 0. The summed E-state index contributed by atoms with van der Waals surface area (Å²) >= 11 is 0. The van der Waals surface area contributed by atoms with Crippen LogP contribution in [0.2, 0.25) is 0 Å². The highest BCUT2D eigenvalue weighted by atomic mass is 16.5. The molecule has 1 aliphatic rings. The van der Waals surface area contributed by atoms with Crippen molar-refractivity contribution in [2.24, 2.45) is 17.8 Å². The van der Waals surface area contributed by atoms with Crippen molar-refractivity contribution in [2.75, 3.05) is 13.2 Å². The molecular formula is C11H22O2. The molecule has 1 N–H and O–H groups in total. The number of aliphatic hydroxyl groups is 1. The molecule has 0 aromatic heterocycles. The zero-order chi connectivity index (χ0) is 10.1. The second-order valence-electron chi connectivity index (χ2n) is 4.82. The summed E-state index contributed by atoms with van der Waals surface area (Å²) in [6, 6.07) is 0. The molecule has 0 aliphatic carbocycles. The third-order valence-corrected chi connectivity index (χ3v) is 3.68. The molecule has 1 rings (SSSR count). The molecule has 0 aromatic rings. The van der Waals surface area contributed by atoms with Gasteiger partial charge in [0, 0.05) is 12.5 Å². The molecule has 0 radical (unpaired) electrons. The SMILES string of the molecule is CC(C)C(C)C(C)(O)C1CCOC1. The van der Waals surface area contributed by atoms with E-state index in [0.717, 1.165) is 19.6 Å². The van der Waals surface area contributed by atoms with E-state index in [4.69, 9.17) is 4.74 Å². The van der Waals surface area contributed by atoms with Gasteiger partial charge in [-0.1, -0.05) is 20.8 Å². The second kappa shape index (κ2) is 3.97. The molecule has 2 heteroatoms. The van der Waals surface area contributed by atoms with Gasteiger partial charge >= 0.3 is 0 Å². The van der Waals surface area contributed by atoms with Gasteiger partial charge in [-0.15, -0.1) is 0 Å². The Labute approximate surface area is 81.3 Å². The predicted molar refractivity (Wildman–Crippen MR) is 53.6 cm³/mol. The van der Waals surface area contributed by atoms with E-state index in [1.807, 2.05) is 6.92 Å². The van der Waals surface area contributed by atoms with Gasteiger partial charge in [0.05, 0.1) is 12.2 Å². The molecule has 0 saturated carbocycles. The summed E-state index contributed by atoms with van der Waals surface area (Å²) in [6.07, 6.45) is 1.00. The van der Waals surface area contributed by atoms with Gasteiger partial charge in [-0.2, -0.15) is 0 Å². The van der Waals surface area contributed by atoms with Crippen molar-refractivity contribution >= 4 is 0 Å². The minimum atomic E-state index is -0.565. The molecule has 1 heterocycles. The Kier molecular flexibility index (Phi) is 3.36. The van der Waals surface area contributed by atoms with Gasteiger partial charge in [-0.05, 0) is 25.2 Å². The summed E-state index contributed by atoms with van der Waals surface area (Å²) in [6.45, 7) is 9.94. The van der Waals surface area contributed by atoms with Crippen molar-refractivity contribution < 1.29 is 9.84 Å². The van der Waals surface area contributed by atoms with E-state index in [1.54, 1.807) is 0 Å². The van der Waals surface area contributed by atoms with E-state index >= 15 is 0 Å². The van der Waals surface area contributed by atoms with Gasteiger partial charge in [-0.3, -0.25) is 0 Å². The molecular weight excluding hydrogens is 164 g/mol. The highest BCUT2D eigenvalue weighted by Crippen LogP contribution is 2.35. The Morgan fingerprint density at radius 1 is 1.38 bits per heavy atom. The van der Waals surface area contributed by atoms with E-state index in [0.29, 0.717) is 17.8 Å². The van der Waals surface area contributed by atoms with E-state index in [9.17, 15) is 5.11 Å². The van der Waals surface area contributed by atoms with Crippen LogP contribution in [0, 0.1) is 17.8 Å². The topological polar surface area (TPSA) is 29.5 Å². The first-order chi connectivity index (χ1) is 5.96. The van der Waals surface area contributed by atoms with Crippen LogP contribution in [0.15, 0.2) is 0 Å². The highest BCUT2D eigenvalue weighted by Gasteiger charge is 2.40. The van der Waals surface area contributed by atoms with Crippen LogP contribution < -0.4 is 0 Å². The average Bonchev–Trinajstić information content (AvgIpc) is 2.54. The molecule has 13 heavy (non-hydrogen) atoms. The summed E-state index contributed by atoms with van der Waals surface area (Å²) in [5.41, 5.74) is -0.565. The standard InChI is InChI=1S/C11H22O2/c1-8(2)9(3)11(4,12)10-5-6-13-7-10/h8-10,12H,5-7H2,1-4H3. The predicted octanol–water partition coefficient (Wildman–Crippen LogP) is 2.07. The van der Waals surface area contributed by atoms with Crippen molar-refractivity contribution in [3.05, 3.63) is 0 Å². The van der Waals surface area contributed by atoms with Crippen molar-refractivity contribution in [2.45, 2.75) is 39.7 Å². The van der Waals surface area contributed by atoms with E-state index in [2.05, 4.69) is 20.8 Å². The second-order valence-corrected chi connectivity index (χ2v) is 4.82. The van der Waals surface area contributed by atoms with Crippen molar-refractivity contribution in [1.29, 1.82) is 0 Å². The van der Waals surface area contributed by atoms with Crippen LogP contribution >= 0.6 is 0 Å². The van der Waals surface area contributed by atoms with Crippen LogP contribution in [0.5, 0.6) is 0 Å². The van der Waals surface area contributed by atoms with Crippen molar-refractivity contribution in [1.82, 2.24) is 0 Å². The van der Waals surface area contributed by atoms with E-state index < -0.39 is 5.60 Å². The van der Waals surface area contributed by atoms with Gasteiger partial charge in [0.25, 0.3) is 0 Å². The largest absolute Gasteiger partial charge is 0.390 e. The summed E-state index contributed by atoms with van der Waals surface area (Å²) in [5, 5.41) is 10.4. The number of hydrogen-bond acceptors (Lipinski definition) is 2. The maximum Gasteiger partial charge on any atom is 0.0698 e. The molecule has 78 valence electrons. The van der Waals surface area contributed by atoms with Gasteiger partial charge in [0.2, 0.25) is 0 Å². The van der Waals surface area contributed by atoms with Crippen molar-refractivity contribution in [3.8, 4) is 0 Å². The molecule has 0 aromatic carbocycles. The van der Waals surface area contributed by atoms with Gasteiger partial charge in [-0.25, -0.2) is 0 Å². The van der Waals surface area contributed by atoms with E-state index in [-0.39, 0.29) is 0 Å². The van der Waals surface area contributed by atoms with E-state index in [1.165, 1.54) is 0 Å². The molecule has 0 amide bonds. The lowest BCUT2D eigenvalue weighted by atomic mass is 9.74. The van der Waals surface area contributed by atoms with Gasteiger partial charge in [0.15, 0.2) is 0 Å². The fourth-order valence-electron chi connectivity index (χ4n) is 2.04. The lowest BCUT2D eigenvalue weighted by Crippen LogP contribution is -2.43. The smallest absolute Gasteiger partial charge is 0.0698 e. The summed E-state index contributed by atoms with van der Waals surface area (Å²) in [4.78, 5) is 0. The van der Waals surface area contributed by atoms with Crippen LogP contribution in [0.3, 0.4) is 0 Å². The monoisotopic (exact) mass is 186 g/mol. The van der Waals surface area contributed by atoms with Crippen LogP contribution in [-0.2, 0) is 4.74 Å². The number of ether oxygens (including phenoxy) is 1. The van der Waals surface area contributed by atoms with Crippen molar-refractivity contribution in [3.63, 3.8) is 0 Å². The Morgan fingerprint density at radius 3 is 2.38 bits per heavy atom. The maximum absolute atomic E-state index is 10.4. The normalized spacial score (nSPS) is 30.5. The molecule has 1 aliphatic heterocycles. The lowest BCUT2D eigenvalue weighted by molar-refractivity contribution is -0.0640. The summed E-state index contributed by atoms with van der Waals surface area (Å²) in [5.74, 6) is 1.18. The lowest BCUT2D eigenvalue weighted by Gasteiger charge is -2.37. The van der Waals surface area contributed by atoms with Crippen LogP contribution in [0.4, 0.5) is 0 Å². The minimum absolute atomic E-state index is 0.324. The zero-order valence-electron chi connectivity index (χ0n) is 9.21. The molecule has 0 bridgehead atoms. The Bertz CT molecular complexity index is 153. The zero-order valence-corrected chi connectivity index (χ0v) is 9.21. The fraction of sp³-hybridized carbons (Fsp3) is 1.00. The van der Waals surface area contributed by atoms with Crippen LogP contribution in [0.25, 0.3) is 0 Å². The number of rotatable bonds is 3. The quantitative estimate of drug-likeness (QED) is 0.731. The van der Waals surface area contributed by atoms with Crippen LogP contribution in [0.1, 0.15) is 34.1 Å². The third kappa shape index (κ3) is 2.23. The van der Waals surface area contributed by atoms with Gasteiger partial charge < -0.3 is 9.84 Å². The maximum atomic E-state index is 10.4. The van der Waals surface area contributed by atoms with Gasteiger partial charge in [0.1, 0.15) is 0 Å². The summed E-state index contributed by atoms with van der Waals surface area (Å²) < 4.78 is 5.31. The molecule has 1 saturated heterocycles. The Hall–Kier alpha value is -0.0800. The molecule has 0 spiro atoms. The van der Waals surface area contributed by atoms with Crippen LogP contribution in [-0.4, -0.2) is 23.9 Å². The molecule has 3 unspecified atom stereocenters. The fourth-order valence-corrected chi connectivity index (χ4v) is 2.04. The first-order valence-electron chi connectivity index (χ1n) is 5.26. The minimum Gasteiger partial charge on any atom is -0.390 e. The third-order valence-electron chi connectivity index (χ3n) is 3.68. The average molecular weight is 186 g/mol. The Balaban J connectivity index is 2.62. The Morgan fingerprint density at radius 2 is 2.00 bits per heavy atom.